The molecule has 0 aromatic heterocycles. The van der Waals surface area contributed by atoms with Crippen molar-refractivity contribution in [2.45, 2.75) is 56.4 Å². The summed E-state index contributed by atoms with van der Waals surface area (Å²) in [6.45, 7) is 0.998. The maximum Gasteiger partial charge on any atom is 0.267 e. The van der Waals surface area contributed by atoms with Crippen LogP contribution in [0.5, 0.6) is 5.75 Å². The predicted molar refractivity (Wildman–Crippen MR) is 76.8 cm³/mol. The van der Waals surface area contributed by atoms with Crippen molar-refractivity contribution < 1.29 is 13.9 Å². The van der Waals surface area contributed by atoms with Gasteiger partial charge >= 0.3 is 0 Å². The largest absolute Gasteiger partial charge is 0.507 e. The van der Waals surface area contributed by atoms with Gasteiger partial charge in [0.05, 0.1) is 5.56 Å². The van der Waals surface area contributed by atoms with Crippen molar-refractivity contribution in [2.75, 3.05) is 6.54 Å². The van der Waals surface area contributed by atoms with Crippen LogP contribution in [0.2, 0.25) is 0 Å². The minimum Gasteiger partial charge on any atom is -0.507 e. The van der Waals surface area contributed by atoms with Crippen molar-refractivity contribution in [3.63, 3.8) is 0 Å². The second-order valence-electron chi connectivity index (χ2n) is 6.89. The summed E-state index contributed by atoms with van der Waals surface area (Å²) >= 11 is 0. The number of hydrogen-bond donors (Lipinski definition) is 2. The van der Waals surface area contributed by atoms with Crippen LogP contribution in [0.3, 0.4) is 0 Å². The molecule has 1 saturated carbocycles. The first-order chi connectivity index (χ1) is 10.1. The fraction of sp³-hybridized carbons (Fsp3) is 0.647. The molecule has 0 unspecified atom stereocenters. The Morgan fingerprint density at radius 2 is 2.10 bits per heavy atom. The number of rotatable bonds is 1. The number of nitrogens with one attached hydrogen (secondary N) is 1. The molecule has 0 amide bonds. The quantitative estimate of drug-likeness (QED) is 0.828. The Hall–Kier alpha value is -1.16. The first kappa shape index (κ1) is 13.5. The van der Waals surface area contributed by atoms with Crippen LogP contribution in [0.4, 0.5) is 8.78 Å². The molecule has 3 aliphatic rings. The zero-order chi connectivity index (χ0) is 14.6. The van der Waals surface area contributed by atoms with Gasteiger partial charge in [0.2, 0.25) is 0 Å². The van der Waals surface area contributed by atoms with E-state index in [1.807, 2.05) is 0 Å². The fourth-order valence-corrected chi connectivity index (χ4v) is 5.17. The third-order valence-electron chi connectivity index (χ3n) is 6.02. The van der Waals surface area contributed by atoms with Gasteiger partial charge in [0, 0.05) is 11.5 Å². The normalized spacial score (nSPS) is 34.4. The molecule has 3 atom stereocenters. The zero-order valence-corrected chi connectivity index (χ0v) is 12.0. The average Bonchev–Trinajstić information content (AvgIpc) is 2.47. The molecule has 2 bridgehead atoms. The molecule has 1 aromatic carbocycles. The van der Waals surface area contributed by atoms with E-state index in [2.05, 4.69) is 5.32 Å². The lowest BCUT2D eigenvalue weighted by molar-refractivity contribution is 0.0789. The predicted octanol–water partition coefficient (Wildman–Crippen LogP) is 3.68. The van der Waals surface area contributed by atoms with E-state index in [0.717, 1.165) is 36.9 Å². The maximum absolute atomic E-state index is 13.0. The Morgan fingerprint density at radius 3 is 2.90 bits per heavy atom. The van der Waals surface area contributed by atoms with E-state index in [1.54, 1.807) is 12.1 Å². The van der Waals surface area contributed by atoms with Crippen molar-refractivity contribution in [3.05, 3.63) is 28.8 Å². The van der Waals surface area contributed by atoms with Crippen molar-refractivity contribution >= 4 is 0 Å². The number of alkyl halides is 2. The first-order valence-electron chi connectivity index (χ1n) is 7.99. The Labute approximate surface area is 123 Å². The van der Waals surface area contributed by atoms with Gasteiger partial charge in [-0.25, -0.2) is 8.78 Å². The number of phenolic OH excluding ortho intramolecular Hbond substituents is 1. The molecule has 0 radical (unpaired) electrons. The molecule has 114 valence electrons. The second kappa shape index (κ2) is 4.67. The van der Waals surface area contributed by atoms with Gasteiger partial charge in [-0.1, -0.05) is 12.8 Å². The zero-order valence-electron chi connectivity index (χ0n) is 12.0. The summed E-state index contributed by atoms with van der Waals surface area (Å²) in [5, 5.41) is 13.6. The first-order valence-corrected chi connectivity index (χ1v) is 7.99. The molecule has 4 rings (SSSR count). The highest BCUT2D eigenvalue weighted by Crippen LogP contribution is 2.55. The van der Waals surface area contributed by atoms with E-state index in [0.29, 0.717) is 12.0 Å². The third kappa shape index (κ3) is 1.84. The minimum atomic E-state index is -2.61. The van der Waals surface area contributed by atoms with Crippen molar-refractivity contribution in [1.29, 1.82) is 0 Å². The highest BCUT2D eigenvalue weighted by Gasteiger charge is 2.51. The van der Waals surface area contributed by atoms with E-state index >= 15 is 0 Å². The van der Waals surface area contributed by atoms with Crippen LogP contribution in [-0.4, -0.2) is 17.7 Å². The third-order valence-corrected chi connectivity index (χ3v) is 6.02. The molecule has 4 heteroatoms. The highest BCUT2D eigenvalue weighted by atomic mass is 19.3. The molecule has 2 fully saturated rings. The molecular weight excluding hydrogens is 272 g/mol. The standard InChI is InChI=1S/C17H21F2NO/c18-16(19)11-7-10-8-14-12-3-1-2-4-17(12,5-6-20-14)13(10)9-15(11)21/h7,9,12,14,16,20-21H,1-6,8H2/t12-,14+,17+/m0/s1. The van der Waals surface area contributed by atoms with E-state index < -0.39 is 6.43 Å². The number of benzene rings is 1. The van der Waals surface area contributed by atoms with Crippen LogP contribution in [0.15, 0.2) is 12.1 Å². The molecule has 1 aliphatic heterocycles. The number of hydrogen-bond acceptors (Lipinski definition) is 2. The molecule has 1 heterocycles. The van der Waals surface area contributed by atoms with E-state index in [4.69, 9.17) is 0 Å². The van der Waals surface area contributed by atoms with Gasteiger partial charge < -0.3 is 10.4 Å². The summed E-state index contributed by atoms with van der Waals surface area (Å²) in [5.41, 5.74) is 2.09. The summed E-state index contributed by atoms with van der Waals surface area (Å²) in [5.74, 6) is 0.378. The van der Waals surface area contributed by atoms with Crippen LogP contribution < -0.4 is 5.32 Å². The topological polar surface area (TPSA) is 32.3 Å². The molecular formula is C17H21F2NO. The van der Waals surface area contributed by atoms with Gasteiger partial charge in [0.1, 0.15) is 5.75 Å². The van der Waals surface area contributed by atoms with Gasteiger partial charge in [0.15, 0.2) is 0 Å². The number of aromatic hydroxyl groups is 1. The van der Waals surface area contributed by atoms with Crippen molar-refractivity contribution in [2.24, 2.45) is 5.92 Å². The lowest BCUT2D eigenvalue weighted by atomic mass is 9.52. The molecule has 0 spiro atoms. The number of phenols is 1. The van der Waals surface area contributed by atoms with Crippen molar-refractivity contribution in [3.8, 4) is 5.75 Å². The lowest BCUT2D eigenvalue weighted by Gasteiger charge is -2.56. The second-order valence-corrected chi connectivity index (χ2v) is 6.89. The summed E-state index contributed by atoms with van der Waals surface area (Å²) in [7, 11) is 0. The fourth-order valence-electron chi connectivity index (χ4n) is 5.17. The Bertz CT molecular complexity index is 570. The van der Waals surface area contributed by atoms with Crippen LogP contribution >= 0.6 is 0 Å². The summed E-state index contributed by atoms with van der Waals surface area (Å²) < 4.78 is 26.1. The molecule has 2 nitrogen and oxygen atoms in total. The summed E-state index contributed by atoms with van der Waals surface area (Å²) in [4.78, 5) is 0. The van der Waals surface area contributed by atoms with Gasteiger partial charge in [-0.3, -0.25) is 0 Å². The summed E-state index contributed by atoms with van der Waals surface area (Å²) in [6, 6.07) is 3.64. The Morgan fingerprint density at radius 1 is 1.24 bits per heavy atom. The number of piperidine rings is 1. The van der Waals surface area contributed by atoms with Gasteiger partial charge in [-0.05, 0) is 61.4 Å². The van der Waals surface area contributed by atoms with E-state index in [1.165, 1.54) is 19.3 Å². The molecule has 2 aliphatic carbocycles. The van der Waals surface area contributed by atoms with Gasteiger partial charge in [0.25, 0.3) is 6.43 Å². The van der Waals surface area contributed by atoms with Gasteiger partial charge in [-0.2, -0.15) is 0 Å². The van der Waals surface area contributed by atoms with Crippen LogP contribution in [0.1, 0.15) is 55.2 Å². The molecule has 1 aromatic rings. The number of halogens is 2. The molecule has 21 heavy (non-hydrogen) atoms. The Kier molecular flexibility index (Phi) is 3.00. The van der Waals surface area contributed by atoms with E-state index in [9.17, 15) is 13.9 Å². The average molecular weight is 293 g/mol. The van der Waals surface area contributed by atoms with Crippen LogP contribution in [0, 0.1) is 5.92 Å². The number of fused-ring (bicyclic) bond motifs is 1. The highest BCUT2D eigenvalue weighted by molar-refractivity contribution is 5.49. The smallest absolute Gasteiger partial charge is 0.267 e. The van der Waals surface area contributed by atoms with Crippen molar-refractivity contribution in [1.82, 2.24) is 5.32 Å². The molecule has 2 N–H and O–H groups in total. The van der Waals surface area contributed by atoms with Gasteiger partial charge in [-0.15, -0.1) is 0 Å². The summed E-state index contributed by atoms with van der Waals surface area (Å²) in [6.07, 6.45) is 4.10. The van der Waals surface area contributed by atoms with Crippen LogP contribution in [-0.2, 0) is 11.8 Å². The minimum absolute atomic E-state index is 0.111. The lowest BCUT2D eigenvalue weighted by Crippen LogP contribution is -2.59. The maximum atomic E-state index is 13.0. The Balaban J connectivity index is 1.88. The molecule has 1 saturated heterocycles. The SMILES string of the molecule is Oc1cc2c(cc1C(F)F)C[C@H]1NCC[C@@]23CCCC[C@@H]13. The monoisotopic (exact) mass is 293 g/mol. The van der Waals surface area contributed by atoms with E-state index in [-0.39, 0.29) is 16.7 Å². The van der Waals surface area contributed by atoms with Crippen LogP contribution in [0.25, 0.3) is 0 Å².